The van der Waals surface area contributed by atoms with E-state index < -0.39 is 23.6 Å². The molecule has 3 N–H and O–H groups in total. The highest BCUT2D eigenvalue weighted by Crippen LogP contribution is 2.07. The summed E-state index contributed by atoms with van der Waals surface area (Å²) in [6, 6.07) is 4.48. The number of rotatable bonds is 4. The first kappa shape index (κ1) is 14.9. The van der Waals surface area contributed by atoms with E-state index in [4.69, 9.17) is 10.5 Å². The lowest BCUT2D eigenvalue weighted by Gasteiger charge is -2.22. The Morgan fingerprint density at radius 3 is 2.58 bits per heavy atom. The summed E-state index contributed by atoms with van der Waals surface area (Å²) in [5, 5.41) is 2.45. The van der Waals surface area contributed by atoms with Gasteiger partial charge in [-0.3, -0.25) is 9.78 Å². The van der Waals surface area contributed by atoms with Crippen molar-refractivity contribution in [3.05, 3.63) is 30.1 Å². The summed E-state index contributed by atoms with van der Waals surface area (Å²) in [6.07, 6.45) is 1.17. The highest BCUT2D eigenvalue weighted by molar-refractivity contribution is 5.84. The molecule has 1 aromatic heterocycles. The molecule has 19 heavy (non-hydrogen) atoms. The lowest BCUT2D eigenvalue weighted by Crippen LogP contribution is -2.47. The molecule has 0 aliphatic heterocycles. The molecule has 1 rings (SSSR count). The molecule has 6 nitrogen and oxygen atoms in total. The van der Waals surface area contributed by atoms with Crippen LogP contribution in [0.2, 0.25) is 0 Å². The summed E-state index contributed by atoms with van der Waals surface area (Å²) >= 11 is 0. The number of carbonyl (C=O) groups is 2. The molecule has 0 aromatic carbocycles. The molecular weight excluding hydrogens is 246 g/mol. The fraction of sp³-hybridized carbons (Fsp3) is 0.462. The number of hydrogen-bond donors (Lipinski definition) is 2. The fourth-order valence-corrected chi connectivity index (χ4v) is 1.40. The van der Waals surface area contributed by atoms with Crippen molar-refractivity contribution in [2.24, 2.45) is 5.73 Å². The molecule has 0 saturated heterocycles. The van der Waals surface area contributed by atoms with E-state index in [1.807, 2.05) is 0 Å². The molecule has 1 heterocycles. The lowest BCUT2D eigenvalue weighted by molar-refractivity contribution is -0.120. The maximum absolute atomic E-state index is 11.6. The van der Waals surface area contributed by atoms with Gasteiger partial charge in [-0.2, -0.15) is 0 Å². The van der Waals surface area contributed by atoms with E-state index in [1.54, 1.807) is 45.2 Å². The number of alkyl carbamates (subject to hydrolysis) is 1. The zero-order valence-corrected chi connectivity index (χ0v) is 11.3. The third-order valence-corrected chi connectivity index (χ3v) is 2.17. The quantitative estimate of drug-likeness (QED) is 0.849. The number of nitrogens with zero attached hydrogens (tertiary/aromatic N) is 1. The molecule has 0 fully saturated rings. The second-order valence-corrected chi connectivity index (χ2v) is 5.13. The lowest BCUT2D eigenvalue weighted by atomic mass is 10.1. The normalized spacial score (nSPS) is 12.6. The highest BCUT2D eigenvalue weighted by atomic mass is 16.6. The Balaban J connectivity index is 2.64. The monoisotopic (exact) mass is 265 g/mol. The smallest absolute Gasteiger partial charge is 0.408 e. The second kappa shape index (κ2) is 6.17. The summed E-state index contributed by atoms with van der Waals surface area (Å²) < 4.78 is 5.08. The summed E-state index contributed by atoms with van der Waals surface area (Å²) in [7, 11) is 0. The fourth-order valence-electron chi connectivity index (χ4n) is 1.40. The molecule has 6 heteroatoms. The molecule has 0 spiro atoms. The maximum atomic E-state index is 11.6. The minimum atomic E-state index is -0.843. The van der Waals surface area contributed by atoms with Crippen molar-refractivity contribution >= 4 is 12.0 Å². The molecule has 104 valence electrons. The van der Waals surface area contributed by atoms with E-state index in [2.05, 4.69) is 10.3 Å². The number of aromatic nitrogens is 1. The second-order valence-electron chi connectivity index (χ2n) is 5.13. The number of amides is 2. The Labute approximate surface area is 112 Å². The average Bonchev–Trinajstić information content (AvgIpc) is 2.26. The van der Waals surface area contributed by atoms with Crippen LogP contribution in [0.4, 0.5) is 4.79 Å². The van der Waals surface area contributed by atoms with E-state index >= 15 is 0 Å². The summed E-state index contributed by atoms with van der Waals surface area (Å²) in [4.78, 5) is 27.0. The third kappa shape index (κ3) is 5.85. The van der Waals surface area contributed by atoms with Crippen LogP contribution in [-0.2, 0) is 16.0 Å². The van der Waals surface area contributed by atoms with E-state index in [0.717, 1.165) is 0 Å². The van der Waals surface area contributed by atoms with Crippen LogP contribution in [0.25, 0.3) is 0 Å². The molecule has 1 aromatic rings. The Bertz CT molecular complexity index is 440. The van der Waals surface area contributed by atoms with Crippen LogP contribution in [0.15, 0.2) is 24.4 Å². The van der Waals surface area contributed by atoms with Gasteiger partial charge in [0.15, 0.2) is 0 Å². The molecule has 0 bridgehead atoms. The molecule has 0 radical (unpaired) electrons. The van der Waals surface area contributed by atoms with Crippen molar-refractivity contribution < 1.29 is 14.3 Å². The number of ether oxygens (including phenoxy) is 1. The van der Waals surface area contributed by atoms with Crippen LogP contribution in [0.3, 0.4) is 0 Å². The van der Waals surface area contributed by atoms with Gasteiger partial charge in [0.05, 0.1) is 0 Å². The molecule has 2 amide bonds. The van der Waals surface area contributed by atoms with E-state index in [1.165, 1.54) is 0 Å². The standard InChI is InChI=1S/C13H19N3O3/c1-13(2,3)19-12(18)16-10(11(14)17)8-9-6-4-5-7-15-9/h4-7,10H,8H2,1-3H3,(H2,14,17)(H,16,18)/t10-/m1/s1. The Hall–Kier alpha value is -2.11. The van der Waals surface area contributed by atoms with Gasteiger partial charge in [-0.1, -0.05) is 6.07 Å². The van der Waals surface area contributed by atoms with Gasteiger partial charge >= 0.3 is 6.09 Å². The zero-order chi connectivity index (χ0) is 14.5. The largest absolute Gasteiger partial charge is 0.444 e. The number of pyridine rings is 1. The SMILES string of the molecule is CC(C)(C)OC(=O)N[C@H](Cc1ccccn1)C(N)=O. The summed E-state index contributed by atoms with van der Waals surface area (Å²) in [5.74, 6) is -0.628. The number of nitrogens with one attached hydrogen (secondary N) is 1. The Morgan fingerprint density at radius 1 is 1.42 bits per heavy atom. The van der Waals surface area contributed by atoms with Crippen molar-refractivity contribution in [2.75, 3.05) is 0 Å². The Kier molecular flexibility index (Phi) is 4.86. The van der Waals surface area contributed by atoms with Gasteiger partial charge in [0.2, 0.25) is 5.91 Å². The maximum Gasteiger partial charge on any atom is 0.408 e. The predicted molar refractivity (Wildman–Crippen MR) is 70.3 cm³/mol. The van der Waals surface area contributed by atoms with Crippen LogP contribution in [0, 0.1) is 0 Å². The molecule has 1 atom stereocenters. The molecule has 0 aliphatic carbocycles. The first-order valence-electron chi connectivity index (χ1n) is 5.96. The summed E-state index contributed by atoms with van der Waals surface area (Å²) in [5.41, 5.74) is 5.30. The van der Waals surface area contributed by atoms with E-state index in [0.29, 0.717) is 5.69 Å². The van der Waals surface area contributed by atoms with E-state index in [9.17, 15) is 9.59 Å². The zero-order valence-electron chi connectivity index (χ0n) is 11.3. The summed E-state index contributed by atoms with van der Waals surface area (Å²) in [6.45, 7) is 5.22. The van der Waals surface area contributed by atoms with Crippen molar-refractivity contribution in [3.8, 4) is 0 Å². The molecule has 0 saturated carbocycles. The van der Waals surface area contributed by atoms with Crippen molar-refractivity contribution in [1.82, 2.24) is 10.3 Å². The predicted octanol–water partition coefficient (Wildman–Crippen LogP) is 1.00. The van der Waals surface area contributed by atoms with Crippen LogP contribution < -0.4 is 11.1 Å². The number of nitrogens with two attached hydrogens (primary N) is 1. The van der Waals surface area contributed by atoms with Crippen molar-refractivity contribution in [3.63, 3.8) is 0 Å². The number of carbonyl (C=O) groups excluding carboxylic acids is 2. The molecular formula is C13H19N3O3. The van der Waals surface area contributed by atoms with Gasteiger partial charge in [0.1, 0.15) is 11.6 Å². The minimum Gasteiger partial charge on any atom is -0.444 e. The van der Waals surface area contributed by atoms with Crippen LogP contribution in [0.5, 0.6) is 0 Å². The third-order valence-electron chi connectivity index (χ3n) is 2.17. The van der Waals surface area contributed by atoms with Crippen LogP contribution in [0.1, 0.15) is 26.5 Å². The van der Waals surface area contributed by atoms with E-state index in [-0.39, 0.29) is 6.42 Å². The first-order valence-corrected chi connectivity index (χ1v) is 5.96. The van der Waals surface area contributed by atoms with Crippen molar-refractivity contribution in [1.29, 1.82) is 0 Å². The number of primary amides is 1. The van der Waals surface area contributed by atoms with Crippen LogP contribution >= 0.6 is 0 Å². The highest BCUT2D eigenvalue weighted by Gasteiger charge is 2.23. The van der Waals surface area contributed by atoms with Gasteiger partial charge in [-0.15, -0.1) is 0 Å². The molecule has 0 aliphatic rings. The topological polar surface area (TPSA) is 94.3 Å². The van der Waals surface area contributed by atoms with Gasteiger partial charge in [-0.05, 0) is 32.9 Å². The van der Waals surface area contributed by atoms with Crippen LogP contribution in [-0.4, -0.2) is 28.6 Å². The van der Waals surface area contributed by atoms with Crippen molar-refractivity contribution in [2.45, 2.75) is 38.8 Å². The number of hydrogen-bond acceptors (Lipinski definition) is 4. The minimum absolute atomic E-state index is 0.232. The average molecular weight is 265 g/mol. The molecule has 0 unspecified atom stereocenters. The van der Waals surface area contributed by atoms with Gasteiger partial charge in [-0.25, -0.2) is 4.79 Å². The first-order chi connectivity index (χ1) is 8.78. The van der Waals surface area contributed by atoms with Gasteiger partial charge < -0.3 is 15.8 Å². The van der Waals surface area contributed by atoms with Gasteiger partial charge in [0.25, 0.3) is 0 Å². The van der Waals surface area contributed by atoms with Gasteiger partial charge in [0, 0.05) is 18.3 Å². The Morgan fingerprint density at radius 2 is 2.11 bits per heavy atom.